The second kappa shape index (κ2) is 6.89. The molecule has 1 aromatic rings. The Hall–Kier alpha value is -1.24. The monoisotopic (exact) mass is 306 g/mol. The van der Waals surface area contributed by atoms with Crippen LogP contribution in [0.1, 0.15) is 24.2 Å². The molecule has 0 aliphatic carbocycles. The molecule has 0 radical (unpaired) electrons. The summed E-state index contributed by atoms with van der Waals surface area (Å²) in [4.78, 5) is 11.6. The molecule has 0 aromatic carbocycles. The van der Waals surface area contributed by atoms with Crippen LogP contribution in [0.2, 0.25) is 0 Å². The molecule has 1 aromatic heterocycles. The molecular weight excluding hydrogens is 280 g/mol. The van der Waals surface area contributed by atoms with Crippen molar-refractivity contribution in [2.75, 3.05) is 51.4 Å². The van der Waals surface area contributed by atoms with Gasteiger partial charge in [-0.25, -0.2) is 4.98 Å². The van der Waals surface area contributed by atoms with Gasteiger partial charge in [-0.15, -0.1) is 0 Å². The molecule has 122 valence electrons. The predicted octanol–water partition coefficient (Wildman–Crippen LogP) is 1.39. The molecule has 0 amide bonds. The highest BCUT2D eigenvalue weighted by molar-refractivity contribution is 5.40. The first kappa shape index (κ1) is 15.6. The zero-order valence-corrected chi connectivity index (χ0v) is 13.6. The minimum absolute atomic E-state index is 0.139. The van der Waals surface area contributed by atoms with Crippen LogP contribution in [0, 0.1) is 13.8 Å². The smallest absolute Gasteiger partial charge is 0.147 e. The summed E-state index contributed by atoms with van der Waals surface area (Å²) >= 11 is 0. The highest BCUT2D eigenvalue weighted by atomic mass is 16.5. The first-order valence-electron chi connectivity index (χ1n) is 8.14. The van der Waals surface area contributed by atoms with Crippen molar-refractivity contribution in [3.8, 4) is 0 Å². The van der Waals surface area contributed by atoms with Gasteiger partial charge in [0.25, 0.3) is 0 Å². The maximum Gasteiger partial charge on any atom is 0.147 e. The Morgan fingerprint density at radius 2 is 1.82 bits per heavy atom. The lowest BCUT2D eigenvalue weighted by atomic mass is 9.87. The van der Waals surface area contributed by atoms with E-state index in [0.717, 1.165) is 76.1 Å². The SMILES string of the molecule is Cc1cnc(C)c(NCC2(N3CCOCC3)CCOCC2)n1. The molecule has 0 saturated carbocycles. The van der Waals surface area contributed by atoms with Gasteiger partial charge in [0.2, 0.25) is 0 Å². The van der Waals surface area contributed by atoms with E-state index in [-0.39, 0.29) is 5.54 Å². The molecule has 0 atom stereocenters. The van der Waals surface area contributed by atoms with E-state index < -0.39 is 0 Å². The van der Waals surface area contributed by atoms with E-state index in [1.807, 2.05) is 20.0 Å². The highest BCUT2D eigenvalue weighted by Crippen LogP contribution is 2.29. The summed E-state index contributed by atoms with van der Waals surface area (Å²) in [6, 6.07) is 0. The van der Waals surface area contributed by atoms with Crippen LogP contribution < -0.4 is 5.32 Å². The third-order valence-corrected chi connectivity index (χ3v) is 4.77. The van der Waals surface area contributed by atoms with Gasteiger partial charge in [0.1, 0.15) is 5.82 Å². The van der Waals surface area contributed by atoms with Gasteiger partial charge >= 0.3 is 0 Å². The number of morpholine rings is 1. The average molecular weight is 306 g/mol. The van der Waals surface area contributed by atoms with Gasteiger partial charge in [0.05, 0.1) is 24.6 Å². The lowest BCUT2D eigenvalue weighted by Crippen LogP contribution is -2.59. The molecule has 6 heteroatoms. The number of hydrogen-bond acceptors (Lipinski definition) is 6. The molecule has 0 bridgehead atoms. The summed E-state index contributed by atoms with van der Waals surface area (Å²) in [6.45, 7) is 10.2. The molecular formula is C16H26N4O2. The lowest BCUT2D eigenvalue weighted by molar-refractivity contribution is -0.0653. The fourth-order valence-electron chi connectivity index (χ4n) is 3.35. The van der Waals surface area contributed by atoms with E-state index in [0.29, 0.717) is 0 Å². The van der Waals surface area contributed by atoms with Gasteiger partial charge in [0.15, 0.2) is 0 Å². The Labute approximate surface area is 132 Å². The molecule has 0 spiro atoms. The van der Waals surface area contributed by atoms with Crippen molar-refractivity contribution >= 4 is 5.82 Å². The predicted molar refractivity (Wildman–Crippen MR) is 85.2 cm³/mol. The standard InChI is InChI=1S/C16H26N4O2/c1-13-11-17-14(2)15(19-13)18-12-16(3-7-21-8-4-16)20-5-9-22-10-6-20/h11H,3-10,12H2,1-2H3,(H,18,19). The number of nitrogens with zero attached hydrogens (tertiary/aromatic N) is 3. The minimum Gasteiger partial charge on any atom is -0.381 e. The Balaban J connectivity index is 1.73. The highest BCUT2D eigenvalue weighted by Gasteiger charge is 2.39. The van der Waals surface area contributed by atoms with Crippen LogP contribution in [0.3, 0.4) is 0 Å². The Morgan fingerprint density at radius 3 is 2.55 bits per heavy atom. The maximum atomic E-state index is 5.60. The summed E-state index contributed by atoms with van der Waals surface area (Å²) in [7, 11) is 0. The first-order chi connectivity index (χ1) is 10.7. The number of hydrogen-bond donors (Lipinski definition) is 1. The van der Waals surface area contributed by atoms with E-state index in [9.17, 15) is 0 Å². The third-order valence-electron chi connectivity index (χ3n) is 4.77. The largest absolute Gasteiger partial charge is 0.381 e. The number of ether oxygens (including phenoxy) is 2. The van der Waals surface area contributed by atoms with Crippen LogP contribution in [0.25, 0.3) is 0 Å². The van der Waals surface area contributed by atoms with Crippen LogP contribution >= 0.6 is 0 Å². The van der Waals surface area contributed by atoms with E-state index in [4.69, 9.17) is 9.47 Å². The number of rotatable bonds is 4. The van der Waals surface area contributed by atoms with Gasteiger partial charge in [-0.3, -0.25) is 9.88 Å². The van der Waals surface area contributed by atoms with Crippen molar-refractivity contribution in [2.24, 2.45) is 0 Å². The third kappa shape index (κ3) is 3.39. The number of nitrogens with one attached hydrogen (secondary N) is 1. The fraction of sp³-hybridized carbons (Fsp3) is 0.750. The van der Waals surface area contributed by atoms with Crippen molar-refractivity contribution in [2.45, 2.75) is 32.2 Å². The van der Waals surface area contributed by atoms with Crippen LogP contribution in [-0.2, 0) is 9.47 Å². The zero-order valence-electron chi connectivity index (χ0n) is 13.6. The van der Waals surface area contributed by atoms with Crippen molar-refractivity contribution in [1.29, 1.82) is 0 Å². The van der Waals surface area contributed by atoms with E-state index in [2.05, 4.69) is 20.2 Å². The van der Waals surface area contributed by atoms with Gasteiger partial charge in [-0.1, -0.05) is 0 Å². The second-order valence-electron chi connectivity index (χ2n) is 6.24. The molecule has 2 fully saturated rings. The second-order valence-corrected chi connectivity index (χ2v) is 6.24. The van der Waals surface area contributed by atoms with E-state index in [1.54, 1.807) is 0 Å². The van der Waals surface area contributed by atoms with Crippen LogP contribution in [-0.4, -0.2) is 66.5 Å². The summed E-state index contributed by atoms with van der Waals surface area (Å²) in [5.41, 5.74) is 2.04. The Bertz CT molecular complexity index is 497. The summed E-state index contributed by atoms with van der Waals surface area (Å²) in [5.74, 6) is 0.902. The van der Waals surface area contributed by atoms with Crippen LogP contribution in [0.5, 0.6) is 0 Å². The minimum atomic E-state index is 0.139. The quantitative estimate of drug-likeness (QED) is 0.907. The fourth-order valence-corrected chi connectivity index (χ4v) is 3.35. The van der Waals surface area contributed by atoms with Gasteiger partial charge in [0, 0.05) is 44.6 Å². The summed E-state index contributed by atoms with van der Waals surface area (Å²) in [5, 5.41) is 3.55. The zero-order chi connectivity index (χ0) is 15.4. The molecule has 2 aliphatic rings. The van der Waals surface area contributed by atoms with Crippen molar-refractivity contribution in [3.05, 3.63) is 17.6 Å². The molecule has 6 nitrogen and oxygen atoms in total. The van der Waals surface area contributed by atoms with Crippen LogP contribution in [0.4, 0.5) is 5.82 Å². The van der Waals surface area contributed by atoms with Gasteiger partial charge in [-0.05, 0) is 26.7 Å². The molecule has 2 saturated heterocycles. The first-order valence-corrected chi connectivity index (χ1v) is 8.14. The normalized spacial score (nSPS) is 22.5. The van der Waals surface area contributed by atoms with Gasteiger partial charge in [-0.2, -0.15) is 0 Å². The molecule has 0 unspecified atom stereocenters. The molecule has 1 N–H and O–H groups in total. The lowest BCUT2D eigenvalue weighted by Gasteiger charge is -2.48. The number of anilines is 1. The number of aryl methyl sites for hydroxylation is 2. The van der Waals surface area contributed by atoms with Crippen LogP contribution in [0.15, 0.2) is 6.20 Å². The molecule has 3 heterocycles. The maximum absolute atomic E-state index is 5.60. The Kier molecular flexibility index (Phi) is 4.90. The topological polar surface area (TPSA) is 59.5 Å². The molecule has 22 heavy (non-hydrogen) atoms. The molecule has 2 aliphatic heterocycles. The number of aromatic nitrogens is 2. The van der Waals surface area contributed by atoms with Crippen molar-refractivity contribution in [3.63, 3.8) is 0 Å². The summed E-state index contributed by atoms with van der Waals surface area (Å²) in [6.07, 6.45) is 3.92. The summed E-state index contributed by atoms with van der Waals surface area (Å²) < 4.78 is 11.1. The van der Waals surface area contributed by atoms with Crippen molar-refractivity contribution in [1.82, 2.24) is 14.9 Å². The van der Waals surface area contributed by atoms with E-state index >= 15 is 0 Å². The van der Waals surface area contributed by atoms with E-state index in [1.165, 1.54) is 0 Å². The average Bonchev–Trinajstić information content (AvgIpc) is 2.57. The van der Waals surface area contributed by atoms with Gasteiger partial charge < -0.3 is 14.8 Å². The molecule has 3 rings (SSSR count). The van der Waals surface area contributed by atoms with Crippen molar-refractivity contribution < 1.29 is 9.47 Å². The Morgan fingerprint density at radius 1 is 1.14 bits per heavy atom.